The number of anilines is 1. The van der Waals surface area contributed by atoms with Gasteiger partial charge in [-0.3, -0.25) is 0 Å². The van der Waals surface area contributed by atoms with Crippen LogP contribution in [0.25, 0.3) is 0 Å². The number of hydrogen-bond acceptors (Lipinski definition) is 2. The van der Waals surface area contributed by atoms with E-state index < -0.39 is 0 Å². The Hall–Kier alpha value is -1.56. The van der Waals surface area contributed by atoms with Gasteiger partial charge in [-0.05, 0) is 24.3 Å². The Morgan fingerprint density at radius 2 is 1.83 bits per heavy atom. The molecular weight excluding hydrogens is 262 g/mol. The van der Waals surface area contributed by atoms with E-state index in [4.69, 9.17) is 17.3 Å². The van der Waals surface area contributed by atoms with Crippen LogP contribution < -0.4 is 5.73 Å². The maximum absolute atomic E-state index is 6.08. The summed E-state index contributed by atoms with van der Waals surface area (Å²) < 4.78 is 0. The van der Waals surface area contributed by atoms with Crippen LogP contribution in [0, 0.1) is 11.8 Å². The SMILES string of the molecule is Nc1cccc(Cl)c1SCC#Cc1ccccc1. The second-order valence-electron chi connectivity index (χ2n) is 3.61. The normalized spacial score (nSPS) is 9.61. The highest BCUT2D eigenvalue weighted by molar-refractivity contribution is 7.99. The van der Waals surface area contributed by atoms with Crippen LogP contribution in [0.1, 0.15) is 5.56 Å². The molecule has 0 aliphatic rings. The maximum atomic E-state index is 6.08. The number of halogens is 1. The highest BCUT2D eigenvalue weighted by Crippen LogP contribution is 2.31. The van der Waals surface area contributed by atoms with E-state index in [0.29, 0.717) is 16.5 Å². The monoisotopic (exact) mass is 273 g/mol. The molecule has 0 bridgehead atoms. The van der Waals surface area contributed by atoms with Gasteiger partial charge in [0.15, 0.2) is 0 Å². The molecule has 0 atom stereocenters. The number of thioether (sulfide) groups is 1. The minimum absolute atomic E-state index is 0.669. The Bertz CT molecular complexity index is 564. The molecule has 18 heavy (non-hydrogen) atoms. The quantitative estimate of drug-likeness (QED) is 0.507. The van der Waals surface area contributed by atoms with Gasteiger partial charge in [0.1, 0.15) is 0 Å². The minimum Gasteiger partial charge on any atom is -0.398 e. The molecule has 1 nitrogen and oxygen atoms in total. The third-order valence-electron chi connectivity index (χ3n) is 2.29. The van der Waals surface area contributed by atoms with E-state index in [-0.39, 0.29) is 0 Å². The molecular formula is C15H12ClNS. The van der Waals surface area contributed by atoms with Crippen molar-refractivity contribution in [2.75, 3.05) is 11.5 Å². The van der Waals surface area contributed by atoms with Gasteiger partial charge in [-0.1, -0.05) is 47.7 Å². The zero-order valence-electron chi connectivity index (χ0n) is 9.69. The van der Waals surface area contributed by atoms with E-state index in [9.17, 15) is 0 Å². The van der Waals surface area contributed by atoms with E-state index in [1.165, 1.54) is 0 Å². The molecule has 0 aliphatic carbocycles. The van der Waals surface area contributed by atoms with E-state index >= 15 is 0 Å². The largest absolute Gasteiger partial charge is 0.398 e. The summed E-state index contributed by atoms with van der Waals surface area (Å²) in [6.07, 6.45) is 0. The van der Waals surface area contributed by atoms with Crippen molar-refractivity contribution in [2.45, 2.75) is 4.90 Å². The van der Waals surface area contributed by atoms with E-state index in [1.807, 2.05) is 48.5 Å². The molecule has 0 aromatic heterocycles. The summed E-state index contributed by atoms with van der Waals surface area (Å²) in [4.78, 5) is 0.904. The molecule has 0 heterocycles. The van der Waals surface area contributed by atoms with Crippen LogP contribution in [0.4, 0.5) is 5.69 Å². The average molecular weight is 274 g/mol. The highest BCUT2D eigenvalue weighted by Gasteiger charge is 2.03. The van der Waals surface area contributed by atoms with Crippen molar-refractivity contribution in [3.05, 3.63) is 59.1 Å². The van der Waals surface area contributed by atoms with E-state index in [2.05, 4.69) is 11.8 Å². The summed E-state index contributed by atoms with van der Waals surface area (Å²) in [6, 6.07) is 15.4. The van der Waals surface area contributed by atoms with E-state index in [0.717, 1.165) is 10.5 Å². The second kappa shape index (κ2) is 6.39. The molecule has 0 fully saturated rings. The van der Waals surface area contributed by atoms with Crippen LogP contribution in [-0.2, 0) is 0 Å². The lowest BCUT2D eigenvalue weighted by Crippen LogP contribution is -1.89. The summed E-state index contributed by atoms with van der Waals surface area (Å²) in [6.45, 7) is 0. The summed E-state index contributed by atoms with van der Waals surface area (Å²) in [5.41, 5.74) is 7.58. The molecule has 0 amide bonds. The fourth-order valence-corrected chi connectivity index (χ4v) is 2.52. The van der Waals surface area contributed by atoms with Gasteiger partial charge < -0.3 is 5.73 Å². The van der Waals surface area contributed by atoms with Crippen LogP contribution in [0.15, 0.2) is 53.4 Å². The molecule has 0 aliphatic heterocycles. The predicted molar refractivity (Wildman–Crippen MR) is 79.9 cm³/mol. The fourth-order valence-electron chi connectivity index (χ4n) is 1.45. The van der Waals surface area contributed by atoms with Crippen LogP contribution >= 0.6 is 23.4 Å². The summed E-state index contributed by atoms with van der Waals surface area (Å²) in [7, 11) is 0. The standard InChI is InChI=1S/C15H12ClNS/c16-13-9-4-10-14(17)15(13)18-11-5-8-12-6-2-1-3-7-12/h1-4,6-7,9-10H,11,17H2. The molecule has 0 saturated heterocycles. The van der Waals surface area contributed by atoms with Crippen molar-refractivity contribution >= 4 is 29.1 Å². The first-order valence-corrected chi connectivity index (χ1v) is 6.84. The molecule has 0 radical (unpaired) electrons. The number of hydrogen-bond donors (Lipinski definition) is 1. The molecule has 90 valence electrons. The highest BCUT2D eigenvalue weighted by atomic mass is 35.5. The zero-order valence-corrected chi connectivity index (χ0v) is 11.3. The number of nitrogens with two attached hydrogens (primary N) is 1. The Morgan fingerprint density at radius 1 is 1.06 bits per heavy atom. The molecule has 2 N–H and O–H groups in total. The third-order valence-corrected chi connectivity index (χ3v) is 3.75. The summed E-state index contributed by atoms with van der Waals surface area (Å²) in [5.74, 6) is 6.87. The Kier molecular flexibility index (Phi) is 4.58. The topological polar surface area (TPSA) is 26.0 Å². The summed E-state index contributed by atoms with van der Waals surface area (Å²) >= 11 is 7.64. The molecule has 3 heteroatoms. The Morgan fingerprint density at radius 3 is 2.56 bits per heavy atom. The predicted octanol–water partition coefficient (Wildman–Crippen LogP) is 4.07. The molecule has 0 saturated carbocycles. The van der Waals surface area contributed by atoms with Crippen molar-refractivity contribution in [1.82, 2.24) is 0 Å². The molecule has 0 spiro atoms. The van der Waals surface area contributed by atoms with Gasteiger partial charge >= 0.3 is 0 Å². The Balaban J connectivity index is 1.99. The first-order chi connectivity index (χ1) is 8.77. The van der Waals surface area contributed by atoms with Crippen molar-refractivity contribution in [3.8, 4) is 11.8 Å². The van der Waals surface area contributed by atoms with Gasteiger partial charge in [0.2, 0.25) is 0 Å². The van der Waals surface area contributed by atoms with Crippen LogP contribution in [0.5, 0.6) is 0 Å². The van der Waals surface area contributed by atoms with Gasteiger partial charge in [0.25, 0.3) is 0 Å². The second-order valence-corrected chi connectivity index (χ2v) is 5.01. The summed E-state index contributed by atoms with van der Waals surface area (Å²) in [5, 5.41) is 0.682. The lowest BCUT2D eigenvalue weighted by atomic mass is 10.2. The van der Waals surface area contributed by atoms with Crippen molar-refractivity contribution in [2.24, 2.45) is 0 Å². The number of benzene rings is 2. The molecule has 0 unspecified atom stereocenters. The molecule has 2 rings (SSSR count). The minimum atomic E-state index is 0.669. The van der Waals surface area contributed by atoms with Gasteiger partial charge in [-0.25, -0.2) is 0 Å². The van der Waals surface area contributed by atoms with Crippen LogP contribution in [0.3, 0.4) is 0 Å². The van der Waals surface area contributed by atoms with Crippen molar-refractivity contribution in [1.29, 1.82) is 0 Å². The lowest BCUT2D eigenvalue weighted by molar-refractivity contribution is 1.46. The maximum Gasteiger partial charge on any atom is 0.0599 e. The molecule has 2 aromatic carbocycles. The number of nitrogen functional groups attached to an aromatic ring is 1. The van der Waals surface area contributed by atoms with Gasteiger partial charge in [-0.2, -0.15) is 0 Å². The first-order valence-electron chi connectivity index (χ1n) is 5.48. The van der Waals surface area contributed by atoms with Gasteiger partial charge in [0, 0.05) is 16.1 Å². The van der Waals surface area contributed by atoms with Crippen molar-refractivity contribution < 1.29 is 0 Å². The van der Waals surface area contributed by atoms with Crippen molar-refractivity contribution in [3.63, 3.8) is 0 Å². The first kappa shape index (κ1) is 12.9. The number of rotatable bonds is 2. The zero-order chi connectivity index (χ0) is 12.8. The van der Waals surface area contributed by atoms with Crippen LogP contribution in [0.2, 0.25) is 5.02 Å². The Labute approximate surface area is 116 Å². The van der Waals surface area contributed by atoms with Gasteiger partial charge in [-0.15, -0.1) is 11.8 Å². The fraction of sp³-hybridized carbons (Fsp3) is 0.0667. The van der Waals surface area contributed by atoms with Crippen LogP contribution in [-0.4, -0.2) is 5.75 Å². The third kappa shape index (κ3) is 3.46. The smallest absolute Gasteiger partial charge is 0.0599 e. The average Bonchev–Trinajstić information content (AvgIpc) is 2.38. The molecule has 2 aromatic rings. The van der Waals surface area contributed by atoms with Gasteiger partial charge in [0.05, 0.1) is 10.8 Å². The lowest BCUT2D eigenvalue weighted by Gasteiger charge is -2.04. The van der Waals surface area contributed by atoms with E-state index in [1.54, 1.807) is 11.8 Å².